The number of morpholine rings is 1. The Morgan fingerprint density at radius 3 is 2.50 bits per heavy atom. The van der Waals surface area contributed by atoms with E-state index in [2.05, 4.69) is 68.8 Å². The topological polar surface area (TPSA) is 74.9 Å². The Labute approximate surface area is 206 Å². The van der Waals surface area contributed by atoms with E-state index in [-0.39, 0.29) is 24.0 Å². The van der Waals surface area contributed by atoms with Gasteiger partial charge in [-0.05, 0) is 30.7 Å². The lowest BCUT2D eigenvalue weighted by Gasteiger charge is -2.30. The molecule has 4 rings (SSSR count). The van der Waals surface area contributed by atoms with Gasteiger partial charge in [0.05, 0.1) is 25.5 Å². The number of aryl methyl sites for hydroxylation is 1. The molecule has 0 bridgehead atoms. The molecular formula is C24H30IN5O2. The van der Waals surface area contributed by atoms with Crippen LogP contribution in [0.4, 0.5) is 5.69 Å². The molecule has 2 N–H and O–H groups in total. The van der Waals surface area contributed by atoms with Crippen LogP contribution < -0.4 is 15.5 Å². The first-order chi connectivity index (χ1) is 15.2. The lowest BCUT2D eigenvalue weighted by molar-refractivity contribution is 0.122. The molecule has 7 nitrogen and oxygen atoms in total. The van der Waals surface area contributed by atoms with Crippen LogP contribution in [0.15, 0.2) is 64.2 Å². The van der Waals surface area contributed by atoms with E-state index >= 15 is 0 Å². The average Bonchev–Trinajstić information content (AvgIpc) is 3.29. The monoisotopic (exact) mass is 547 g/mol. The molecule has 0 amide bonds. The normalized spacial score (nSPS) is 14.1. The van der Waals surface area contributed by atoms with Crippen molar-refractivity contribution in [1.29, 1.82) is 0 Å². The fraction of sp³-hybridized carbons (Fsp3) is 0.333. The molecule has 1 aliphatic heterocycles. The highest BCUT2D eigenvalue weighted by Gasteiger charge is 2.14. The minimum absolute atomic E-state index is 0. The molecule has 0 spiro atoms. The number of benzene rings is 2. The van der Waals surface area contributed by atoms with Gasteiger partial charge in [-0.1, -0.05) is 35.9 Å². The number of oxazole rings is 1. The lowest BCUT2D eigenvalue weighted by Crippen LogP contribution is -2.39. The highest BCUT2D eigenvalue weighted by Crippen LogP contribution is 2.21. The number of aromatic nitrogens is 1. The van der Waals surface area contributed by atoms with Crippen LogP contribution >= 0.6 is 24.0 Å². The van der Waals surface area contributed by atoms with E-state index in [4.69, 9.17) is 9.15 Å². The summed E-state index contributed by atoms with van der Waals surface area (Å²) >= 11 is 0. The minimum Gasteiger partial charge on any atom is -0.444 e. The highest BCUT2D eigenvalue weighted by molar-refractivity contribution is 14.0. The van der Waals surface area contributed by atoms with Crippen LogP contribution in [0.3, 0.4) is 0 Å². The molecule has 8 heteroatoms. The van der Waals surface area contributed by atoms with Crippen LogP contribution in [0.1, 0.15) is 16.8 Å². The Morgan fingerprint density at radius 2 is 1.75 bits per heavy atom. The van der Waals surface area contributed by atoms with Crippen LogP contribution in [0, 0.1) is 6.92 Å². The maximum absolute atomic E-state index is 5.64. The number of halogens is 1. The third-order valence-electron chi connectivity index (χ3n) is 5.30. The number of guanidine groups is 1. The van der Waals surface area contributed by atoms with Gasteiger partial charge in [0.1, 0.15) is 6.26 Å². The van der Waals surface area contributed by atoms with Crippen molar-refractivity contribution in [2.75, 3.05) is 38.3 Å². The third-order valence-corrected chi connectivity index (χ3v) is 5.30. The summed E-state index contributed by atoms with van der Waals surface area (Å²) in [5.41, 5.74) is 5.48. The van der Waals surface area contributed by atoms with Gasteiger partial charge in [-0.25, -0.2) is 4.98 Å². The first kappa shape index (κ1) is 24.1. The molecule has 3 aromatic rings. The summed E-state index contributed by atoms with van der Waals surface area (Å²) in [4.78, 5) is 11.3. The number of hydrogen-bond donors (Lipinski definition) is 2. The molecule has 0 radical (unpaired) electrons. The second-order valence-corrected chi connectivity index (χ2v) is 7.52. The SMILES string of the molecule is CN=C(NCc1coc(-c2ccc(C)cc2)n1)NCc1ccccc1N1CCOCC1.I. The van der Waals surface area contributed by atoms with E-state index in [0.29, 0.717) is 19.0 Å². The number of anilines is 1. The molecule has 0 atom stereocenters. The molecule has 1 saturated heterocycles. The quantitative estimate of drug-likeness (QED) is 0.277. The van der Waals surface area contributed by atoms with Crippen LogP contribution in [-0.2, 0) is 17.8 Å². The summed E-state index contributed by atoms with van der Waals surface area (Å²) in [7, 11) is 1.77. The maximum atomic E-state index is 5.64. The van der Waals surface area contributed by atoms with Crippen molar-refractivity contribution in [2.24, 2.45) is 4.99 Å². The van der Waals surface area contributed by atoms with Gasteiger partial charge in [0.15, 0.2) is 5.96 Å². The van der Waals surface area contributed by atoms with Crippen molar-refractivity contribution in [1.82, 2.24) is 15.6 Å². The Balaban J connectivity index is 0.00000289. The molecular weight excluding hydrogens is 517 g/mol. The maximum Gasteiger partial charge on any atom is 0.226 e. The van der Waals surface area contributed by atoms with E-state index in [1.54, 1.807) is 13.3 Å². The summed E-state index contributed by atoms with van der Waals surface area (Å²) in [5, 5.41) is 6.71. The first-order valence-electron chi connectivity index (χ1n) is 10.6. The zero-order chi connectivity index (χ0) is 21.5. The molecule has 32 heavy (non-hydrogen) atoms. The van der Waals surface area contributed by atoms with Crippen molar-refractivity contribution < 1.29 is 9.15 Å². The predicted octanol–water partition coefficient (Wildman–Crippen LogP) is 3.97. The third kappa shape index (κ3) is 6.23. The van der Waals surface area contributed by atoms with Crippen LogP contribution in [0.5, 0.6) is 0 Å². The van der Waals surface area contributed by atoms with Gasteiger partial charge in [-0.2, -0.15) is 0 Å². The average molecular weight is 547 g/mol. The van der Waals surface area contributed by atoms with Gasteiger partial charge in [0, 0.05) is 37.9 Å². The molecule has 0 saturated carbocycles. The van der Waals surface area contributed by atoms with Crippen molar-refractivity contribution >= 4 is 35.6 Å². The van der Waals surface area contributed by atoms with Gasteiger partial charge in [-0.3, -0.25) is 4.99 Å². The molecule has 0 aliphatic carbocycles. The Kier molecular flexibility index (Phi) is 8.92. The number of aliphatic imine (C=N–C) groups is 1. The fourth-order valence-corrected chi connectivity index (χ4v) is 3.56. The zero-order valence-electron chi connectivity index (χ0n) is 18.5. The largest absolute Gasteiger partial charge is 0.444 e. The zero-order valence-corrected chi connectivity index (χ0v) is 20.8. The molecule has 1 fully saturated rings. The second-order valence-electron chi connectivity index (χ2n) is 7.52. The molecule has 2 aromatic carbocycles. The van der Waals surface area contributed by atoms with E-state index in [0.717, 1.165) is 43.5 Å². The van der Waals surface area contributed by atoms with E-state index < -0.39 is 0 Å². The van der Waals surface area contributed by atoms with Crippen LogP contribution in [-0.4, -0.2) is 44.3 Å². The molecule has 1 aliphatic rings. The lowest BCUT2D eigenvalue weighted by atomic mass is 10.1. The Morgan fingerprint density at radius 1 is 1.03 bits per heavy atom. The number of nitrogens with zero attached hydrogens (tertiary/aromatic N) is 3. The van der Waals surface area contributed by atoms with Crippen molar-refractivity contribution in [3.63, 3.8) is 0 Å². The van der Waals surface area contributed by atoms with Gasteiger partial charge < -0.3 is 24.7 Å². The summed E-state index contributed by atoms with van der Waals surface area (Å²) in [5.74, 6) is 1.34. The fourth-order valence-electron chi connectivity index (χ4n) is 3.56. The Bertz CT molecular complexity index is 1010. The van der Waals surface area contributed by atoms with Gasteiger partial charge >= 0.3 is 0 Å². The second kappa shape index (κ2) is 11.9. The highest BCUT2D eigenvalue weighted by atomic mass is 127. The molecule has 1 aromatic heterocycles. The summed E-state index contributed by atoms with van der Waals surface area (Å²) in [6, 6.07) is 16.6. The summed E-state index contributed by atoms with van der Waals surface area (Å²) in [6.45, 7) is 6.65. The van der Waals surface area contributed by atoms with Crippen molar-refractivity contribution in [3.8, 4) is 11.5 Å². The number of hydrogen-bond acceptors (Lipinski definition) is 5. The molecule has 2 heterocycles. The summed E-state index contributed by atoms with van der Waals surface area (Å²) in [6.07, 6.45) is 1.68. The Hall–Kier alpha value is -2.59. The first-order valence-corrected chi connectivity index (χ1v) is 10.6. The van der Waals surface area contributed by atoms with Crippen LogP contribution in [0.25, 0.3) is 11.5 Å². The van der Waals surface area contributed by atoms with Gasteiger partial charge in [0.25, 0.3) is 0 Å². The smallest absolute Gasteiger partial charge is 0.226 e. The van der Waals surface area contributed by atoms with Gasteiger partial charge in [0.2, 0.25) is 5.89 Å². The number of rotatable bonds is 6. The molecule has 170 valence electrons. The number of ether oxygens (including phenoxy) is 1. The minimum atomic E-state index is 0. The van der Waals surface area contributed by atoms with E-state index in [1.165, 1.54) is 16.8 Å². The molecule has 0 unspecified atom stereocenters. The van der Waals surface area contributed by atoms with Gasteiger partial charge in [-0.15, -0.1) is 24.0 Å². The van der Waals surface area contributed by atoms with Crippen LogP contribution in [0.2, 0.25) is 0 Å². The van der Waals surface area contributed by atoms with E-state index in [9.17, 15) is 0 Å². The van der Waals surface area contributed by atoms with Crippen molar-refractivity contribution in [2.45, 2.75) is 20.0 Å². The van der Waals surface area contributed by atoms with Crippen molar-refractivity contribution in [3.05, 3.63) is 71.6 Å². The number of para-hydroxylation sites is 1. The summed E-state index contributed by atoms with van der Waals surface area (Å²) < 4.78 is 11.1. The predicted molar refractivity (Wildman–Crippen MR) is 139 cm³/mol. The number of nitrogens with one attached hydrogen (secondary N) is 2. The van der Waals surface area contributed by atoms with E-state index in [1.807, 2.05) is 12.1 Å². The standard InChI is InChI=1S/C24H29N5O2.HI/c1-18-7-9-19(10-8-18)23-28-21(17-31-23)16-27-24(25-2)26-15-20-5-3-4-6-22(20)29-11-13-30-14-12-29;/h3-10,17H,11-16H2,1-2H3,(H2,25,26,27);1H.